The molecule has 148 valence electrons. The number of hydrogen-bond donors (Lipinski definition) is 0. The molecule has 5 nitrogen and oxygen atoms in total. The maximum Gasteiger partial charge on any atom is 0.238 e. The minimum Gasteiger partial charge on any atom is -0.497 e. The Morgan fingerprint density at radius 1 is 0.655 bits per heavy atom. The van der Waals surface area contributed by atoms with Crippen LogP contribution in [0.15, 0.2) is 77.8 Å². The summed E-state index contributed by atoms with van der Waals surface area (Å²) in [6, 6.07) is 23.9. The molecule has 0 fully saturated rings. The minimum absolute atomic E-state index is 0.321. The zero-order valence-corrected chi connectivity index (χ0v) is 17.6. The van der Waals surface area contributed by atoms with Gasteiger partial charge in [-0.05, 0) is 72.8 Å². The molecule has 0 aliphatic rings. The molecule has 0 unspecified atom stereocenters. The molecule has 0 radical (unpaired) electrons. The van der Waals surface area contributed by atoms with Gasteiger partial charge in [0.05, 0.1) is 21.3 Å². The molecular formula is C23H23NO4P+. The van der Waals surface area contributed by atoms with Crippen molar-refractivity contribution in [3.8, 4) is 17.2 Å². The maximum atomic E-state index is 11.1. The highest BCUT2D eigenvalue weighted by atomic mass is 31.2. The van der Waals surface area contributed by atoms with Crippen LogP contribution in [-0.4, -0.2) is 33.7 Å². The van der Waals surface area contributed by atoms with Crippen LogP contribution in [0.4, 0.5) is 0 Å². The van der Waals surface area contributed by atoms with Crippen LogP contribution in [0.1, 0.15) is 0 Å². The molecule has 0 saturated carbocycles. The monoisotopic (exact) mass is 408 g/mol. The van der Waals surface area contributed by atoms with Crippen LogP contribution in [0.3, 0.4) is 0 Å². The van der Waals surface area contributed by atoms with Gasteiger partial charge < -0.3 is 14.2 Å². The summed E-state index contributed by atoms with van der Waals surface area (Å²) in [5.74, 6) is 2.32. The lowest BCUT2D eigenvalue weighted by Crippen LogP contribution is -2.33. The van der Waals surface area contributed by atoms with Crippen molar-refractivity contribution < 1.29 is 19.0 Å². The van der Waals surface area contributed by atoms with Crippen molar-refractivity contribution in [2.75, 3.05) is 27.6 Å². The van der Waals surface area contributed by atoms with Crippen LogP contribution in [0.2, 0.25) is 0 Å². The van der Waals surface area contributed by atoms with Crippen molar-refractivity contribution in [1.82, 2.24) is 0 Å². The minimum atomic E-state index is -2.26. The van der Waals surface area contributed by atoms with Crippen molar-refractivity contribution >= 4 is 29.3 Å². The summed E-state index contributed by atoms with van der Waals surface area (Å²) in [4.78, 5) is 15.2. The first-order chi connectivity index (χ1) is 14.2. The molecule has 0 bridgehead atoms. The van der Waals surface area contributed by atoms with Gasteiger partial charge in [0.1, 0.15) is 40.4 Å². The number of hydrogen-bond acceptors (Lipinski definition) is 5. The van der Waals surface area contributed by atoms with Gasteiger partial charge in [0, 0.05) is 0 Å². The van der Waals surface area contributed by atoms with Gasteiger partial charge in [-0.25, -0.2) is 4.79 Å². The van der Waals surface area contributed by atoms with Gasteiger partial charge in [-0.15, -0.1) is 0 Å². The molecule has 0 amide bonds. The Balaban J connectivity index is 2.27. The Labute approximate surface area is 171 Å². The van der Waals surface area contributed by atoms with Crippen LogP contribution < -0.4 is 30.1 Å². The molecule has 0 aliphatic carbocycles. The Morgan fingerprint density at radius 2 is 0.966 bits per heavy atom. The van der Waals surface area contributed by atoms with Gasteiger partial charge in [0.25, 0.3) is 0 Å². The van der Waals surface area contributed by atoms with Gasteiger partial charge in [-0.1, -0.05) is 0 Å². The Kier molecular flexibility index (Phi) is 6.66. The van der Waals surface area contributed by atoms with E-state index in [-0.39, 0.29) is 0 Å². The third-order valence-corrected chi connectivity index (χ3v) is 8.99. The number of carbonyl (C=O) groups excluding carboxylic acids is 1. The second-order valence-corrected chi connectivity index (χ2v) is 9.75. The fourth-order valence-corrected chi connectivity index (χ4v) is 6.97. The number of ether oxygens (including phenoxy) is 3. The average Bonchev–Trinajstić information content (AvgIpc) is 2.80. The van der Waals surface area contributed by atoms with E-state index in [4.69, 9.17) is 14.2 Å². The van der Waals surface area contributed by atoms with Crippen LogP contribution in [-0.2, 0) is 4.79 Å². The van der Waals surface area contributed by atoms with Crippen molar-refractivity contribution in [1.29, 1.82) is 0 Å². The van der Waals surface area contributed by atoms with Crippen LogP contribution in [0, 0.1) is 0 Å². The zero-order valence-electron chi connectivity index (χ0n) is 16.7. The predicted octanol–water partition coefficient (Wildman–Crippen LogP) is 3.30. The van der Waals surface area contributed by atoms with E-state index in [0.717, 1.165) is 33.2 Å². The zero-order chi connectivity index (χ0) is 20.7. The van der Waals surface area contributed by atoms with Crippen molar-refractivity contribution in [3.63, 3.8) is 0 Å². The lowest BCUT2D eigenvalue weighted by Gasteiger charge is -2.25. The summed E-state index contributed by atoms with van der Waals surface area (Å²) in [5, 5.41) is 3.27. The molecule has 0 aliphatic heterocycles. The first kappa shape index (κ1) is 20.6. The number of isocyanates is 1. The molecule has 0 N–H and O–H groups in total. The van der Waals surface area contributed by atoms with E-state index in [9.17, 15) is 4.79 Å². The quantitative estimate of drug-likeness (QED) is 0.326. The highest BCUT2D eigenvalue weighted by Crippen LogP contribution is 2.55. The topological polar surface area (TPSA) is 57.1 Å². The number of methoxy groups -OCH3 is 3. The second kappa shape index (κ2) is 9.38. The van der Waals surface area contributed by atoms with Crippen LogP contribution in [0.5, 0.6) is 17.2 Å². The lowest BCUT2D eigenvalue weighted by atomic mass is 10.3. The molecule has 0 spiro atoms. The van der Waals surface area contributed by atoms with Crippen molar-refractivity contribution in [2.45, 2.75) is 0 Å². The molecule has 0 aromatic heterocycles. The van der Waals surface area contributed by atoms with Crippen LogP contribution >= 0.6 is 7.26 Å². The summed E-state index contributed by atoms with van der Waals surface area (Å²) in [7, 11) is 2.66. The van der Waals surface area contributed by atoms with Crippen LogP contribution in [0.25, 0.3) is 0 Å². The van der Waals surface area contributed by atoms with E-state index in [0.29, 0.717) is 6.29 Å². The molecule has 0 saturated heterocycles. The predicted molar refractivity (Wildman–Crippen MR) is 118 cm³/mol. The number of rotatable bonds is 8. The first-order valence-corrected chi connectivity index (χ1v) is 11.0. The van der Waals surface area contributed by atoms with E-state index >= 15 is 0 Å². The van der Waals surface area contributed by atoms with Gasteiger partial charge >= 0.3 is 0 Å². The Morgan fingerprint density at radius 3 is 1.21 bits per heavy atom. The van der Waals surface area contributed by atoms with E-state index in [1.54, 1.807) is 27.4 Å². The van der Waals surface area contributed by atoms with E-state index < -0.39 is 7.26 Å². The number of nitrogens with zero attached hydrogens (tertiary/aromatic N) is 1. The largest absolute Gasteiger partial charge is 0.497 e. The Bertz CT molecular complexity index is 863. The third kappa shape index (κ3) is 4.17. The first-order valence-electron chi connectivity index (χ1n) is 9.03. The molecule has 0 atom stereocenters. The van der Waals surface area contributed by atoms with Gasteiger partial charge in [0.15, 0.2) is 6.29 Å². The molecule has 6 heteroatoms. The maximum absolute atomic E-state index is 11.1. The molecule has 0 heterocycles. The summed E-state index contributed by atoms with van der Waals surface area (Å²) >= 11 is 0. The fraction of sp³-hybridized carbons (Fsp3) is 0.174. The van der Waals surface area contributed by atoms with E-state index in [2.05, 4.69) is 4.99 Å². The summed E-state index contributed by atoms with van der Waals surface area (Å²) in [6.45, 7) is 0. The van der Waals surface area contributed by atoms with Crippen molar-refractivity contribution in [2.24, 2.45) is 4.99 Å². The molecule has 29 heavy (non-hydrogen) atoms. The molecule has 3 aromatic carbocycles. The standard InChI is InChI=1S/C23H23NO4P/c1-26-18-4-10-21(11-5-18)29(17-24-16-25,22-12-6-19(27-2)7-13-22)23-14-8-20(28-3)9-15-23/h4-15H,17H2,1-3H3/q+1. The molecular weight excluding hydrogens is 385 g/mol. The normalized spacial score (nSPS) is 10.7. The number of benzene rings is 3. The van der Waals surface area contributed by atoms with Gasteiger partial charge in [-0.3, -0.25) is 0 Å². The molecule has 3 aromatic rings. The van der Waals surface area contributed by atoms with Crippen molar-refractivity contribution in [3.05, 3.63) is 72.8 Å². The smallest absolute Gasteiger partial charge is 0.238 e. The van der Waals surface area contributed by atoms with E-state index in [1.165, 1.54) is 0 Å². The third-order valence-electron chi connectivity index (χ3n) is 4.89. The highest BCUT2D eigenvalue weighted by Gasteiger charge is 2.45. The van der Waals surface area contributed by atoms with E-state index in [1.807, 2.05) is 72.8 Å². The summed E-state index contributed by atoms with van der Waals surface area (Å²) < 4.78 is 16.0. The fourth-order valence-electron chi connectivity index (χ4n) is 3.34. The second-order valence-electron chi connectivity index (χ2n) is 6.29. The highest BCUT2D eigenvalue weighted by molar-refractivity contribution is 7.95. The average molecular weight is 408 g/mol. The SMILES string of the molecule is COc1ccc([P+](CN=C=O)(c2ccc(OC)cc2)c2ccc(OC)cc2)cc1. The van der Waals surface area contributed by atoms with Gasteiger partial charge in [-0.2, -0.15) is 4.99 Å². The lowest BCUT2D eigenvalue weighted by molar-refractivity contribution is 0.415. The summed E-state index contributed by atoms with van der Waals surface area (Å²) in [5.41, 5.74) is 0. The number of aliphatic imine (C=N–C) groups is 1. The van der Waals surface area contributed by atoms with Gasteiger partial charge in [0.2, 0.25) is 6.08 Å². The summed E-state index contributed by atoms with van der Waals surface area (Å²) in [6.07, 6.45) is 2.05. The molecule has 3 rings (SSSR count). The Hall–Kier alpha value is -3.13.